The maximum Gasteiger partial charge on any atom is 0.305 e. The number of nitrogens with zero attached hydrogens (tertiary/aromatic N) is 2. The van der Waals surface area contributed by atoms with E-state index in [1.807, 2.05) is 0 Å². The maximum atomic E-state index is 11.2. The first-order valence-electron chi connectivity index (χ1n) is 9.84. The summed E-state index contributed by atoms with van der Waals surface area (Å²) in [5.74, 6) is 0.768. The van der Waals surface area contributed by atoms with E-state index in [-0.39, 0.29) is 12.1 Å². The van der Waals surface area contributed by atoms with Crippen LogP contribution in [0.5, 0.6) is 0 Å². The number of aryl methyl sites for hydroxylation is 2. The lowest BCUT2D eigenvalue weighted by atomic mass is 10.00. The number of unbranched alkanes of at least 4 members (excludes halogenated alkanes) is 1. The zero-order valence-electron chi connectivity index (χ0n) is 17.1. The lowest BCUT2D eigenvalue weighted by Gasteiger charge is -2.36. The molecule has 0 aliphatic carbocycles. The number of guanidine groups is 1. The van der Waals surface area contributed by atoms with Gasteiger partial charge in [-0.05, 0) is 44.7 Å². The zero-order chi connectivity index (χ0) is 19.6. The van der Waals surface area contributed by atoms with Gasteiger partial charge in [0.1, 0.15) is 6.10 Å². The predicted octanol–water partition coefficient (Wildman–Crippen LogP) is 2.99. The second-order valence-corrected chi connectivity index (χ2v) is 6.93. The van der Waals surface area contributed by atoms with Gasteiger partial charge in [0.05, 0.1) is 20.3 Å². The van der Waals surface area contributed by atoms with E-state index in [9.17, 15) is 4.79 Å². The molecule has 1 saturated heterocycles. The van der Waals surface area contributed by atoms with Crippen molar-refractivity contribution in [2.45, 2.75) is 46.1 Å². The van der Waals surface area contributed by atoms with Gasteiger partial charge in [-0.15, -0.1) is 0 Å². The highest BCUT2D eigenvalue weighted by Gasteiger charge is 2.25. The van der Waals surface area contributed by atoms with Gasteiger partial charge in [-0.2, -0.15) is 0 Å². The number of carbonyl (C=O) groups is 1. The number of esters is 1. The van der Waals surface area contributed by atoms with Gasteiger partial charge in [0.15, 0.2) is 5.96 Å². The molecule has 1 aliphatic heterocycles. The number of hydrogen-bond acceptors (Lipinski definition) is 4. The van der Waals surface area contributed by atoms with E-state index < -0.39 is 0 Å². The normalized spacial score (nSPS) is 17.7. The second-order valence-electron chi connectivity index (χ2n) is 6.93. The average molecular weight is 376 g/mol. The molecule has 0 saturated carbocycles. The van der Waals surface area contributed by atoms with E-state index in [0.29, 0.717) is 19.6 Å². The van der Waals surface area contributed by atoms with Crippen LogP contribution < -0.4 is 5.32 Å². The van der Waals surface area contributed by atoms with Gasteiger partial charge < -0.3 is 19.7 Å². The van der Waals surface area contributed by atoms with Crippen LogP contribution in [0.15, 0.2) is 23.2 Å². The lowest BCUT2D eigenvalue weighted by molar-refractivity contribution is -0.140. The second kappa shape index (κ2) is 10.9. The van der Waals surface area contributed by atoms with Crippen molar-refractivity contribution in [3.63, 3.8) is 0 Å². The number of carbonyl (C=O) groups excluding carboxylic acids is 1. The molecular weight excluding hydrogens is 342 g/mol. The summed E-state index contributed by atoms with van der Waals surface area (Å²) >= 11 is 0. The SMILES string of the molecule is CCNC(=NCCCCC(=O)OC)N1CCOC(c2ccc(C)cc2C)C1. The fraction of sp³-hybridized carbons (Fsp3) is 0.619. The monoisotopic (exact) mass is 375 g/mol. The minimum Gasteiger partial charge on any atom is -0.469 e. The lowest BCUT2D eigenvalue weighted by Crippen LogP contribution is -2.48. The van der Waals surface area contributed by atoms with Crippen molar-refractivity contribution < 1.29 is 14.3 Å². The van der Waals surface area contributed by atoms with Gasteiger partial charge in [-0.25, -0.2) is 0 Å². The number of hydrogen-bond donors (Lipinski definition) is 1. The van der Waals surface area contributed by atoms with Gasteiger partial charge in [0.25, 0.3) is 0 Å². The van der Waals surface area contributed by atoms with E-state index in [1.54, 1.807) is 0 Å². The minimum atomic E-state index is -0.157. The number of benzene rings is 1. The Kier molecular flexibility index (Phi) is 8.58. The highest BCUT2D eigenvalue weighted by atomic mass is 16.5. The Bertz CT molecular complexity index is 646. The Labute approximate surface area is 162 Å². The van der Waals surface area contributed by atoms with Crippen molar-refractivity contribution in [1.29, 1.82) is 0 Å². The van der Waals surface area contributed by atoms with E-state index >= 15 is 0 Å². The van der Waals surface area contributed by atoms with E-state index in [2.05, 4.69) is 53.9 Å². The van der Waals surface area contributed by atoms with Crippen LogP contribution in [-0.4, -0.2) is 56.7 Å². The van der Waals surface area contributed by atoms with Crippen LogP contribution in [0.4, 0.5) is 0 Å². The largest absolute Gasteiger partial charge is 0.469 e. The molecule has 150 valence electrons. The van der Waals surface area contributed by atoms with Crippen LogP contribution >= 0.6 is 0 Å². The number of rotatable bonds is 7. The Hall–Kier alpha value is -2.08. The summed E-state index contributed by atoms with van der Waals surface area (Å²) in [6, 6.07) is 6.53. The number of aliphatic imine (C=N–C) groups is 1. The highest BCUT2D eigenvalue weighted by molar-refractivity contribution is 5.80. The highest BCUT2D eigenvalue weighted by Crippen LogP contribution is 2.25. The summed E-state index contributed by atoms with van der Waals surface area (Å²) < 4.78 is 10.7. The first-order valence-corrected chi connectivity index (χ1v) is 9.84. The van der Waals surface area contributed by atoms with Gasteiger partial charge in [0.2, 0.25) is 0 Å². The van der Waals surface area contributed by atoms with Crippen LogP contribution in [0.25, 0.3) is 0 Å². The van der Waals surface area contributed by atoms with Crippen molar-refractivity contribution in [2.75, 3.05) is 39.9 Å². The van der Waals surface area contributed by atoms with Crippen molar-refractivity contribution in [3.8, 4) is 0 Å². The fourth-order valence-corrected chi connectivity index (χ4v) is 3.31. The Morgan fingerprint density at radius 1 is 1.37 bits per heavy atom. The first kappa shape index (κ1) is 21.2. The quantitative estimate of drug-likeness (QED) is 0.344. The molecule has 2 rings (SSSR count). The van der Waals surface area contributed by atoms with Gasteiger partial charge in [0, 0.05) is 26.1 Å². The molecule has 1 aromatic rings. The van der Waals surface area contributed by atoms with Crippen molar-refractivity contribution >= 4 is 11.9 Å². The number of ether oxygens (including phenoxy) is 2. The molecule has 1 aliphatic rings. The van der Waals surface area contributed by atoms with E-state index in [1.165, 1.54) is 23.8 Å². The third-order valence-corrected chi connectivity index (χ3v) is 4.75. The summed E-state index contributed by atoms with van der Waals surface area (Å²) in [5.41, 5.74) is 3.79. The molecule has 0 bridgehead atoms. The van der Waals surface area contributed by atoms with Gasteiger partial charge in [-0.3, -0.25) is 9.79 Å². The van der Waals surface area contributed by atoms with Crippen LogP contribution in [0.1, 0.15) is 49.0 Å². The Morgan fingerprint density at radius 2 is 2.19 bits per heavy atom. The molecule has 6 heteroatoms. The molecule has 1 fully saturated rings. The van der Waals surface area contributed by atoms with Crippen LogP contribution in [0.3, 0.4) is 0 Å². The maximum absolute atomic E-state index is 11.2. The third-order valence-electron chi connectivity index (χ3n) is 4.75. The minimum absolute atomic E-state index is 0.0579. The Balaban J connectivity index is 1.97. The average Bonchev–Trinajstić information content (AvgIpc) is 2.66. The summed E-state index contributed by atoms with van der Waals surface area (Å²) in [7, 11) is 1.42. The third kappa shape index (κ3) is 6.54. The van der Waals surface area contributed by atoms with E-state index in [0.717, 1.165) is 38.4 Å². The van der Waals surface area contributed by atoms with Gasteiger partial charge in [-0.1, -0.05) is 23.8 Å². The number of methoxy groups -OCH3 is 1. The zero-order valence-corrected chi connectivity index (χ0v) is 17.1. The summed E-state index contributed by atoms with van der Waals surface area (Å²) in [6.45, 7) is 10.2. The summed E-state index contributed by atoms with van der Waals surface area (Å²) in [6.07, 6.45) is 2.18. The van der Waals surface area contributed by atoms with Crippen LogP contribution in [-0.2, 0) is 14.3 Å². The van der Waals surface area contributed by atoms with Crippen LogP contribution in [0.2, 0.25) is 0 Å². The topological polar surface area (TPSA) is 63.2 Å². The van der Waals surface area contributed by atoms with E-state index in [4.69, 9.17) is 9.73 Å². The molecule has 1 atom stereocenters. The van der Waals surface area contributed by atoms with Gasteiger partial charge >= 0.3 is 5.97 Å². The van der Waals surface area contributed by atoms with Crippen molar-refractivity contribution in [3.05, 3.63) is 34.9 Å². The summed E-state index contributed by atoms with van der Waals surface area (Å²) in [4.78, 5) is 18.2. The first-order chi connectivity index (χ1) is 13.0. The molecule has 0 radical (unpaired) electrons. The number of morpholine rings is 1. The van der Waals surface area contributed by atoms with Crippen LogP contribution in [0, 0.1) is 13.8 Å². The smallest absolute Gasteiger partial charge is 0.305 e. The molecule has 0 aromatic heterocycles. The molecule has 0 spiro atoms. The molecule has 1 N–H and O–H groups in total. The van der Waals surface area contributed by atoms with Crippen molar-refractivity contribution in [2.24, 2.45) is 4.99 Å². The number of nitrogens with one attached hydrogen (secondary N) is 1. The van der Waals surface area contributed by atoms with Crippen molar-refractivity contribution in [1.82, 2.24) is 10.2 Å². The molecule has 27 heavy (non-hydrogen) atoms. The molecule has 1 heterocycles. The fourth-order valence-electron chi connectivity index (χ4n) is 3.31. The molecule has 1 unspecified atom stereocenters. The predicted molar refractivity (Wildman–Crippen MR) is 108 cm³/mol. The summed E-state index contributed by atoms with van der Waals surface area (Å²) in [5, 5.41) is 3.39. The molecule has 6 nitrogen and oxygen atoms in total. The standard InChI is InChI=1S/C21H33N3O3/c1-5-22-21(23-11-7-6-8-20(25)26-4)24-12-13-27-19(15-24)18-10-9-16(2)14-17(18)3/h9-10,14,19H,5-8,11-13,15H2,1-4H3,(H,22,23). The Morgan fingerprint density at radius 3 is 2.89 bits per heavy atom. The molecule has 1 aromatic carbocycles. The molecular formula is C21H33N3O3. The molecule has 0 amide bonds.